The van der Waals surface area contributed by atoms with Gasteiger partial charge in [0.15, 0.2) is 0 Å². The van der Waals surface area contributed by atoms with E-state index in [1.807, 2.05) is 6.08 Å². The number of carbonyl (C=O) groups is 1. The summed E-state index contributed by atoms with van der Waals surface area (Å²) in [7, 11) is 0. The Morgan fingerprint density at radius 1 is 0.397 bits per heavy atom. The predicted octanol–water partition coefficient (Wildman–Crippen LogP) is 18.4. The van der Waals surface area contributed by atoms with Crippen molar-refractivity contribution in [3.63, 3.8) is 0 Å². The maximum absolute atomic E-state index is 12.5. The van der Waals surface area contributed by atoms with Crippen molar-refractivity contribution in [2.24, 2.45) is 0 Å². The molecule has 0 spiro atoms. The second-order valence-corrected chi connectivity index (χ2v) is 19.0. The van der Waals surface area contributed by atoms with Gasteiger partial charge in [-0.25, -0.2) is 0 Å². The van der Waals surface area contributed by atoms with E-state index in [-0.39, 0.29) is 12.5 Å². The standard InChI is InChI=1S/C59H109NO3/c1-3-5-7-9-11-13-15-17-19-21-23-25-27-29-30-31-33-35-37-39-41-43-45-47-49-51-53-55-59(63)60-57(56-61)58(62)54-52-50-48-46-44-42-40-38-36-34-32-28-26-24-22-20-18-16-14-12-10-8-6-4-2/h5,7,11,13,17,19,23,25,52,54,57-58,61-62H,3-4,6,8-10,12,14-16,18,20-22,24,26-51,53,55-56H2,1-2H3,(H,60,63)/b7-5-,13-11-,19-17-,25-23-,54-52+. The zero-order chi connectivity index (χ0) is 45.6. The van der Waals surface area contributed by atoms with E-state index in [0.717, 1.165) is 51.4 Å². The largest absolute Gasteiger partial charge is 0.394 e. The fourth-order valence-electron chi connectivity index (χ4n) is 8.53. The van der Waals surface area contributed by atoms with E-state index in [1.165, 1.54) is 218 Å². The second-order valence-electron chi connectivity index (χ2n) is 19.0. The first-order chi connectivity index (χ1) is 31.2. The molecule has 0 rings (SSSR count). The Bertz CT molecular complexity index is 1040. The predicted molar refractivity (Wildman–Crippen MR) is 281 cm³/mol. The Kier molecular flexibility index (Phi) is 52.8. The lowest BCUT2D eigenvalue weighted by molar-refractivity contribution is -0.123. The topological polar surface area (TPSA) is 69.6 Å². The Labute approximate surface area is 394 Å². The molecule has 0 aromatic rings. The smallest absolute Gasteiger partial charge is 0.220 e. The van der Waals surface area contributed by atoms with Crippen molar-refractivity contribution in [3.05, 3.63) is 60.8 Å². The highest BCUT2D eigenvalue weighted by Gasteiger charge is 2.18. The van der Waals surface area contributed by atoms with Crippen molar-refractivity contribution in [3.8, 4) is 0 Å². The van der Waals surface area contributed by atoms with Crippen LogP contribution in [-0.2, 0) is 4.79 Å². The van der Waals surface area contributed by atoms with Gasteiger partial charge in [0.25, 0.3) is 0 Å². The van der Waals surface area contributed by atoms with E-state index in [0.29, 0.717) is 6.42 Å². The van der Waals surface area contributed by atoms with Gasteiger partial charge in [-0.05, 0) is 57.8 Å². The average Bonchev–Trinajstić information content (AvgIpc) is 3.29. The summed E-state index contributed by atoms with van der Waals surface area (Å²) in [6.07, 6.45) is 76.6. The molecule has 0 bridgehead atoms. The summed E-state index contributed by atoms with van der Waals surface area (Å²) in [5, 5.41) is 23.2. The average molecular weight is 881 g/mol. The summed E-state index contributed by atoms with van der Waals surface area (Å²) in [6.45, 7) is 4.22. The number of hydrogen-bond donors (Lipinski definition) is 3. The highest BCUT2D eigenvalue weighted by Crippen LogP contribution is 2.17. The van der Waals surface area contributed by atoms with Gasteiger partial charge in [-0.15, -0.1) is 0 Å². The van der Waals surface area contributed by atoms with Crippen molar-refractivity contribution in [1.29, 1.82) is 0 Å². The number of amides is 1. The number of allylic oxidation sites excluding steroid dienone is 9. The Morgan fingerprint density at radius 3 is 1.05 bits per heavy atom. The Morgan fingerprint density at radius 2 is 0.698 bits per heavy atom. The van der Waals surface area contributed by atoms with Gasteiger partial charge in [-0.1, -0.05) is 286 Å². The van der Waals surface area contributed by atoms with Gasteiger partial charge in [-0.3, -0.25) is 4.79 Å². The van der Waals surface area contributed by atoms with Crippen LogP contribution in [0.3, 0.4) is 0 Å². The molecule has 0 aliphatic rings. The van der Waals surface area contributed by atoms with Gasteiger partial charge < -0.3 is 15.5 Å². The molecular weight excluding hydrogens is 771 g/mol. The maximum atomic E-state index is 12.5. The number of carbonyl (C=O) groups excluding carboxylic acids is 1. The van der Waals surface area contributed by atoms with Crippen LogP contribution in [0.2, 0.25) is 0 Å². The zero-order valence-corrected chi connectivity index (χ0v) is 42.3. The number of rotatable bonds is 51. The molecule has 1 amide bonds. The highest BCUT2D eigenvalue weighted by molar-refractivity contribution is 5.76. The number of aliphatic hydroxyl groups excluding tert-OH is 2. The minimum atomic E-state index is -0.842. The molecule has 4 nitrogen and oxygen atoms in total. The molecule has 368 valence electrons. The van der Waals surface area contributed by atoms with Crippen LogP contribution in [0.4, 0.5) is 0 Å². The molecule has 0 heterocycles. The first kappa shape index (κ1) is 61.1. The molecule has 2 unspecified atom stereocenters. The third-order valence-corrected chi connectivity index (χ3v) is 12.8. The summed E-state index contributed by atoms with van der Waals surface area (Å²) >= 11 is 0. The van der Waals surface area contributed by atoms with Gasteiger partial charge in [0.2, 0.25) is 5.91 Å². The number of unbranched alkanes of at least 4 members (excludes halogenated alkanes) is 36. The second kappa shape index (κ2) is 54.4. The molecule has 4 heteroatoms. The Balaban J connectivity index is 3.50. The molecule has 2 atom stereocenters. The number of nitrogens with one attached hydrogen (secondary N) is 1. The van der Waals surface area contributed by atoms with E-state index < -0.39 is 12.1 Å². The third-order valence-electron chi connectivity index (χ3n) is 12.8. The summed E-state index contributed by atoms with van der Waals surface area (Å²) in [5.41, 5.74) is 0. The van der Waals surface area contributed by atoms with Crippen molar-refractivity contribution < 1.29 is 15.0 Å². The highest BCUT2D eigenvalue weighted by atomic mass is 16.3. The first-order valence-corrected chi connectivity index (χ1v) is 28.0. The maximum Gasteiger partial charge on any atom is 0.220 e. The van der Waals surface area contributed by atoms with Gasteiger partial charge in [0, 0.05) is 6.42 Å². The van der Waals surface area contributed by atoms with Crippen LogP contribution in [0.25, 0.3) is 0 Å². The third kappa shape index (κ3) is 50.9. The summed E-state index contributed by atoms with van der Waals surface area (Å²) in [6, 6.07) is -0.625. The monoisotopic (exact) mass is 880 g/mol. The van der Waals surface area contributed by atoms with Crippen LogP contribution < -0.4 is 5.32 Å². The molecular formula is C59H109NO3. The number of aliphatic hydroxyl groups is 2. The molecule has 0 saturated carbocycles. The molecule has 0 saturated heterocycles. The molecule has 0 fully saturated rings. The molecule has 63 heavy (non-hydrogen) atoms. The van der Waals surface area contributed by atoms with Crippen LogP contribution in [-0.4, -0.2) is 34.9 Å². The lowest BCUT2D eigenvalue weighted by atomic mass is 10.0. The van der Waals surface area contributed by atoms with Crippen molar-refractivity contribution in [1.82, 2.24) is 5.32 Å². The van der Waals surface area contributed by atoms with E-state index in [2.05, 4.69) is 67.8 Å². The minimum absolute atomic E-state index is 0.0630. The lowest BCUT2D eigenvalue weighted by Crippen LogP contribution is -2.45. The Hall–Kier alpha value is -1.91. The number of hydrogen-bond acceptors (Lipinski definition) is 3. The lowest BCUT2D eigenvalue weighted by Gasteiger charge is -2.20. The van der Waals surface area contributed by atoms with Crippen molar-refractivity contribution >= 4 is 5.91 Å². The van der Waals surface area contributed by atoms with Crippen LogP contribution in [0.1, 0.15) is 290 Å². The first-order valence-electron chi connectivity index (χ1n) is 28.0. The molecule has 0 aromatic carbocycles. The van der Waals surface area contributed by atoms with Crippen molar-refractivity contribution in [2.45, 2.75) is 302 Å². The van der Waals surface area contributed by atoms with Gasteiger partial charge in [0.05, 0.1) is 18.8 Å². The van der Waals surface area contributed by atoms with Crippen molar-refractivity contribution in [2.75, 3.05) is 6.61 Å². The van der Waals surface area contributed by atoms with Gasteiger partial charge in [0.1, 0.15) is 0 Å². The van der Waals surface area contributed by atoms with Crippen LogP contribution in [0, 0.1) is 0 Å². The van der Waals surface area contributed by atoms with Crippen LogP contribution >= 0.6 is 0 Å². The fraction of sp³-hybridized carbons (Fsp3) is 0.814. The molecule has 0 aliphatic heterocycles. The minimum Gasteiger partial charge on any atom is -0.394 e. The molecule has 0 aliphatic carbocycles. The fourth-order valence-corrected chi connectivity index (χ4v) is 8.53. The summed E-state index contributed by atoms with van der Waals surface area (Å²) in [5.74, 6) is -0.0630. The molecule has 0 radical (unpaired) electrons. The normalized spacial score (nSPS) is 13.3. The summed E-state index contributed by atoms with van der Waals surface area (Å²) in [4.78, 5) is 12.5. The molecule has 3 N–H and O–H groups in total. The van der Waals surface area contributed by atoms with E-state index in [4.69, 9.17) is 0 Å². The van der Waals surface area contributed by atoms with Gasteiger partial charge in [-0.2, -0.15) is 0 Å². The van der Waals surface area contributed by atoms with Crippen LogP contribution in [0.15, 0.2) is 60.8 Å². The molecule has 0 aromatic heterocycles. The van der Waals surface area contributed by atoms with Crippen LogP contribution in [0.5, 0.6) is 0 Å². The summed E-state index contributed by atoms with van der Waals surface area (Å²) < 4.78 is 0. The van der Waals surface area contributed by atoms with Gasteiger partial charge >= 0.3 is 0 Å². The van der Waals surface area contributed by atoms with E-state index >= 15 is 0 Å². The van der Waals surface area contributed by atoms with E-state index in [1.54, 1.807) is 6.08 Å². The quantitative estimate of drug-likeness (QED) is 0.0421. The zero-order valence-electron chi connectivity index (χ0n) is 42.3. The SMILES string of the molecule is CC/C=C\C/C=C\C/C=C\C/C=C\CCCCCCCCCCCCCCCCC(=O)NC(CO)C(O)/C=C/CCCCCCCCCCCCCCCCCCCCCCCC. The van der Waals surface area contributed by atoms with E-state index in [9.17, 15) is 15.0 Å².